The van der Waals surface area contributed by atoms with Crippen molar-refractivity contribution >= 4 is 23.4 Å². The molecule has 0 radical (unpaired) electrons. The standard InChI is InChI=1S/C18H16ClF3N4O2/c19-12-3-1-10(2-4-12)15(11-7-23-9-24-8-11)26-17(28)13-5-6-14(18(20,21)22)25-16(13)27/h1-4,7-9,13-15H,5-6H2,(H,25,27)(H,26,28). The van der Waals surface area contributed by atoms with Crippen molar-refractivity contribution in [3.05, 3.63) is 59.1 Å². The summed E-state index contributed by atoms with van der Waals surface area (Å²) in [7, 11) is 0. The maximum Gasteiger partial charge on any atom is 0.408 e. The molecule has 0 saturated carbocycles. The van der Waals surface area contributed by atoms with Crippen molar-refractivity contribution in [2.75, 3.05) is 0 Å². The Labute approximate surface area is 163 Å². The predicted octanol–water partition coefficient (Wildman–Crippen LogP) is 2.79. The van der Waals surface area contributed by atoms with E-state index in [1.165, 1.54) is 18.7 Å². The summed E-state index contributed by atoms with van der Waals surface area (Å²) in [5, 5.41) is 5.10. The van der Waals surface area contributed by atoms with E-state index in [0.717, 1.165) is 0 Å². The van der Waals surface area contributed by atoms with Gasteiger partial charge in [-0.2, -0.15) is 13.2 Å². The first-order valence-corrected chi connectivity index (χ1v) is 8.81. The molecule has 2 amide bonds. The van der Waals surface area contributed by atoms with Crippen molar-refractivity contribution in [2.45, 2.75) is 31.1 Å². The van der Waals surface area contributed by atoms with E-state index < -0.39 is 36.0 Å². The van der Waals surface area contributed by atoms with Gasteiger partial charge in [-0.25, -0.2) is 9.97 Å². The number of carbonyl (C=O) groups excluding carboxylic acids is 2. The fraction of sp³-hybridized carbons (Fsp3) is 0.333. The third-order valence-electron chi connectivity index (χ3n) is 4.49. The summed E-state index contributed by atoms with van der Waals surface area (Å²) in [5.41, 5.74) is 1.22. The molecular formula is C18H16ClF3N4O2. The number of hydrogen-bond donors (Lipinski definition) is 2. The van der Waals surface area contributed by atoms with Crippen LogP contribution in [0.2, 0.25) is 5.02 Å². The number of nitrogens with one attached hydrogen (secondary N) is 2. The second-order valence-corrected chi connectivity index (χ2v) is 6.83. The van der Waals surface area contributed by atoms with Crippen LogP contribution in [0, 0.1) is 5.92 Å². The second kappa shape index (κ2) is 8.14. The van der Waals surface area contributed by atoms with E-state index in [9.17, 15) is 22.8 Å². The SMILES string of the molecule is O=C(NC(c1ccc(Cl)cc1)c1cncnc1)C1CCC(C(F)(F)F)NC1=O. The van der Waals surface area contributed by atoms with E-state index in [-0.39, 0.29) is 12.8 Å². The number of carbonyl (C=O) groups is 2. The van der Waals surface area contributed by atoms with Crippen LogP contribution < -0.4 is 10.6 Å². The van der Waals surface area contributed by atoms with Crippen molar-refractivity contribution in [3.63, 3.8) is 0 Å². The monoisotopic (exact) mass is 412 g/mol. The smallest absolute Gasteiger partial charge is 0.344 e. The lowest BCUT2D eigenvalue weighted by molar-refractivity contribution is -0.171. The highest BCUT2D eigenvalue weighted by atomic mass is 35.5. The Kier molecular flexibility index (Phi) is 5.83. The zero-order chi connectivity index (χ0) is 20.3. The van der Waals surface area contributed by atoms with Gasteiger partial charge < -0.3 is 10.6 Å². The Hall–Kier alpha value is -2.68. The normalized spacial score (nSPS) is 20.9. The average Bonchev–Trinajstić information content (AvgIpc) is 2.66. The van der Waals surface area contributed by atoms with Crippen LogP contribution in [0.4, 0.5) is 13.2 Å². The Morgan fingerprint density at radius 1 is 1.14 bits per heavy atom. The summed E-state index contributed by atoms with van der Waals surface area (Å²) in [5.74, 6) is -2.81. The third-order valence-corrected chi connectivity index (χ3v) is 4.74. The minimum absolute atomic E-state index is 0.194. The van der Waals surface area contributed by atoms with Crippen LogP contribution in [0.25, 0.3) is 0 Å². The lowest BCUT2D eigenvalue weighted by Gasteiger charge is -2.30. The van der Waals surface area contributed by atoms with E-state index in [0.29, 0.717) is 16.1 Å². The van der Waals surface area contributed by atoms with Gasteiger partial charge in [0, 0.05) is 23.0 Å². The summed E-state index contributed by atoms with van der Waals surface area (Å²) in [6.45, 7) is 0. The molecule has 2 aromatic rings. The van der Waals surface area contributed by atoms with E-state index in [4.69, 9.17) is 11.6 Å². The van der Waals surface area contributed by atoms with Crippen molar-refractivity contribution in [2.24, 2.45) is 5.92 Å². The first kappa shape index (κ1) is 20.1. The first-order valence-electron chi connectivity index (χ1n) is 8.43. The molecule has 0 aliphatic carbocycles. The van der Waals surface area contributed by atoms with Gasteiger partial charge in [0.15, 0.2) is 0 Å². The zero-order valence-electron chi connectivity index (χ0n) is 14.4. The van der Waals surface area contributed by atoms with Crippen LogP contribution >= 0.6 is 11.6 Å². The van der Waals surface area contributed by atoms with E-state index >= 15 is 0 Å². The van der Waals surface area contributed by atoms with E-state index in [1.807, 2.05) is 5.32 Å². The molecule has 2 heterocycles. The van der Waals surface area contributed by atoms with Gasteiger partial charge in [0.25, 0.3) is 0 Å². The highest BCUT2D eigenvalue weighted by molar-refractivity contribution is 6.30. The Morgan fingerprint density at radius 2 is 1.79 bits per heavy atom. The average molecular weight is 413 g/mol. The fourth-order valence-electron chi connectivity index (χ4n) is 3.02. The molecule has 2 N–H and O–H groups in total. The predicted molar refractivity (Wildman–Crippen MR) is 94.2 cm³/mol. The molecule has 10 heteroatoms. The molecule has 6 nitrogen and oxygen atoms in total. The summed E-state index contributed by atoms with van der Waals surface area (Å²) >= 11 is 5.90. The number of nitrogens with zero attached hydrogens (tertiary/aromatic N) is 2. The van der Waals surface area contributed by atoms with Crippen LogP contribution in [0.5, 0.6) is 0 Å². The Bertz CT molecular complexity index is 846. The summed E-state index contributed by atoms with van der Waals surface area (Å²) in [6, 6.07) is 4.06. The molecule has 3 atom stereocenters. The van der Waals surface area contributed by atoms with E-state index in [1.54, 1.807) is 24.3 Å². The molecule has 3 unspecified atom stereocenters. The quantitative estimate of drug-likeness (QED) is 0.756. The minimum atomic E-state index is -4.54. The van der Waals surface area contributed by atoms with Gasteiger partial charge in [-0.3, -0.25) is 9.59 Å². The number of alkyl halides is 3. The van der Waals surface area contributed by atoms with Crippen LogP contribution in [0.15, 0.2) is 43.0 Å². The van der Waals surface area contributed by atoms with Crippen LogP contribution in [-0.4, -0.2) is 34.0 Å². The van der Waals surface area contributed by atoms with Crippen LogP contribution in [0.3, 0.4) is 0 Å². The topological polar surface area (TPSA) is 84.0 Å². The molecule has 1 fully saturated rings. The number of hydrogen-bond acceptors (Lipinski definition) is 4. The van der Waals surface area contributed by atoms with Crippen molar-refractivity contribution in [3.8, 4) is 0 Å². The maximum atomic E-state index is 12.8. The van der Waals surface area contributed by atoms with Crippen LogP contribution in [0.1, 0.15) is 30.0 Å². The lowest BCUT2D eigenvalue weighted by Crippen LogP contribution is -2.54. The third kappa shape index (κ3) is 4.59. The van der Waals surface area contributed by atoms with Gasteiger partial charge in [0.1, 0.15) is 18.3 Å². The molecule has 1 aromatic heterocycles. The molecule has 28 heavy (non-hydrogen) atoms. The largest absolute Gasteiger partial charge is 0.408 e. The molecular weight excluding hydrogens is 397 g/mol. The number of piperidine rings is 1. The summed E-state index contributed by atoms with van der Waals surface area (Å²) < 4.78 is 38.4. The van der Waals surface area contributed by atoms with Gasteiger partial charge >= 0.3 is 6.18 Å². The van der Waals surface area contributed by atoms with Crippen molar-refractivity contribution < 1.29 is 22.8 Å². The first-order chi connectivity index (χ1) is 13.3. The number of amides is 2. The number of aromatic nitrogens is 2. The molecule has 1 aliphatic rings. The number of benzene rings is 1. The maximum absolute atomic E-state index is 12.8. The Morgan fingerprint density at radius 3 is 2.36 bits per heavy atom. The Balaban J connectivity index is 1.79. The second-order valence-electron chi connectivity index (χ2n) is 6.40. The molecule has 148 valence electrons. The van der Waals surface area contributed by atoms with Gasteiger partial charge in [0.05, 0.1) is 6.04 Å². The zero-order valence-corrected chi connectivity index (χ0v) is 15.2. The van der Waals surface area contributed by atoms with Gasteiger partial charge in [-0.05, 0) is 30.5 Å². The molecule has 1 saturated heterocycles. The minimum Gasteiger partial charge on any atom is -0.344 e. The van der Waals surface area contributed by atoms with Gasteiger partial charge in [0.2, 0.25) is 11.8 Å². The molecule has 0 bridgehead atoms. The van der Waals surface area contributed by atoms with Gasteiger partial charge in [-0.15, -0.1) is 0 Å². The molecule has 1 aliphatic heterocycles. The summed E-state index contributed by atoms with van der Waals surface area (Å²) in [4.78, 5) is 32.6. The van der Waals surface area contributed by atoms with Crippen molar-refractivity contribution in [1.29, 1.82) is 0 Å². The summed E-state index contributed by atoms with van der Waals surface area (Å²) in [6.07, 6.45) is -0.741. The van der Waals surface area contributed by atoms with Crippen molar-refractivity contribution in [1.82, 2.24) is 20.6 Å². The molecule has 1 aromatic carbocycles. The number of rotatable bonds is 4. The molecule has 0 spiro atoms. The number of halogens is 4. The van der Waals surface area contributed by atoms with E-state index in [2.05, 4.69) is 15.3 Å². The van der Waals surface area contributed by atoms with Crippen LogP contribution in [-0.2, 0) is 9.59 Å². The highest BCUT2D eigenvalue weighted by Gasteiger charge is 2.46. The molecule has 3 rings (SSSR count). The van der Waals surface area contributed by atoms with Gasteiger partial charge in [-0.1, -0.05) is 23.7 Å². The highest BCUT2D eigenvalue weighted by Crippen LogP contribution is 2.29. The fourth-order valence-corrected chi connectivity index (χ4v) is 3.15. The lowest BCUT2D eigenvalue weighted by atomic mass is 9.91.